The molecule has 0 spiro atoms. The lowest BCUT2D eigenvalue weighted by molar-refractivity contribution is 0.0729. The maximum absolute atomic E-state index is 14.2. The second kappa shape index (κ2) is 7.50. The Balaban J connectivity index is 1.92. The molecule has 0 atom stereocenters. The van der Waals surface area contributed by atoms with Crippen molar-refractivity contribution in [1.29, 1.82) is 0 Å². The summed E-state index contributed by atoms with van der Waals surface area (Å²) in [5, 5.41) is 0. The van der Waals surface area contributed by atoms with Crippen LogP contribution >= 0.6 is 0 Å². The van der Waals surface area contributed by atoms with E-state index in [2.05, 4.69) is 4.72 Å². The number of hydrogen-bond acceptors (Lipinski definition) is 5. The van der Waals surface area contributed by atoms with Gasteiger partial charge in [0.1, 0.15) is 16.5 Å². The summed E-state index contributed by atoms with van der Waals surface area (Å²) in [6.45, 7) is 0.538. The molecule has 27 heavy (non-hydrogen) atoms. The van der Waals surface area contributed by atoms with Crippen LogP contribution in [0, 0.1) is 11.6 Å². The lowest BCUT2D eigenvalue weighted by Crippen LogP contribution is -2.40. The second-order valence-corrected chi connectivity index (χ2v) is 9.31. The van der Waals surface area contributed by atoms with Crippen LogP contribution < -0.4 is 4.72 Å². The summed E-state index contributed by atoms with van der Waals surface area (Å²) in [5.74, 6) is -1.60. The first kappa shape index (κ1) is 19.7. The minimum atomic E-state index is -4.15. The number of anilines is 1. The van der Waals surface area contributed by atoms with Crippen LogP contribution in [0.3, 0.4) is 0 Å². The maximum atomic E-state index is 14.2. The van der Waals surface area contributed by atoms with Crippen molar-refractivity contribution < 1.29 is 30.4 Å². The molecular formula is C16H16F2N2O5S2. The van der Waals surface area contributed by atoms with E-state index in [0.29, 0.717) is 0 Å². The number of benzene rings is 2. The maximum Gasteiger partial charge on any atom is 0.261 e. The largest absolute Gasteiger partial charge is 0.379 e. The molecule has 11 heteroatoms. The zero-order chi connectivity index (χ0) is 19.7. The molecule has 1 saturated heterocycles. The van der Waals surface area contributed by atoms with Gasteiger partial charge in [-0.1, -0.05) is 0 Å². The Morgan fingerprint density at radius 1 is 0.926 bits per heavy atom. The number of hydrogen-bond donors (Lipinski definition) is 1. The highest BCUT2D eigenvalue weighted by Crippen LogP contribution is 2.25. The summed E-state index contributed by atoms with van der Waals surface area (Å²) >= 11 is 0. The number of ether oxygens (including phenoxy) is 1. The Bertz CT molecular complexity index is 1030. The summed E-state index contributed by atoms with van der Waals surface area (Å²) in [4.78, 5) is -0.852. The van der Waals surface area contributed by atoms with E-state index in [-0.39, 0.29) is 36.9 Å². The molecule has 1 heterocycles. The highest BCUT2D eigenvalue weighted by Gasteiger charge is 2.29. The first-order valence-corrected chi connectivity index (χ1v) is 10.8. The van der Waals surface area contributed by atoms with Gasteiger partial charge >= 0.3 is 0 Å². The Morgan fingerprint density at radius 2 is 1.56 bits per heavy atom. The zero-order valence-electron chi connectivity index (χ0n) is 13.9. The molecule has 0 bridgehead atoms. The third-order valence-corrected chi connectivity index (χ3v) is 7.21. The van der Waals surface area contributed by atoms with E-state index in [1.807, 2.05) is 0 Å². The van der Waals surface area contributed by atoms with Crippen molar-refractivity contribution in [1.82, 2.24) is 4.31 Å². The lowest BCUT2D eigenvalue weighted by atomic mass is 10.3. The molecule has 0 amide bonds. The molecule has 0 saturated carbocycles. The highest BCUT2D eigenvalue weighted by atomic mass is 32.2. The van der Waals surface area contributed by atoms with Gasteiger partial charge in [0.15, 0.2) is 0 Å². The van der Waals surface area contributed by atoms with Crippen LogP contribution in [0.25, 0.3) is 0 Å². The average molecular weight is 418 g/mol. The number of morpholine rings is 1. The topological polar surface area (TPSA) is 92.8 Å². The Hall–Kier alpha value is -2.08. The van der Waals surface area contributed by atoms with Crippen molar-refractivity contribution in [2.24, 2.45) is 0 Å². The van der Waals surface area contributed by atoms with Gasteiger partial charge in [0.25, 0.3) is 10.0 Å². The Kier molecular flexibility index (Phi) is 5.47. The van der Waals surface area contributed by atoms with Gasteiger partial charge in [0.05, 0.1) is 23.8 Å². The molecule has 146 valence electrons. The molecule has 2 aromatic carbocycles. The van der Waals surface area contributed by atoms with Crippen molar-refractivity contribution >= 4 is 25.7 Å². The third kappa shape index (κ3) is 4.26. The van der Waals surface area contributed by atoms with Gasteiger partial charge in [-0.05, 0) is 42.5 Å². The van der Waals surface area contributed by atoms with Gasteiger partial charge in [-0.3, -0.25) is 4.72 Å². The Labute approximate surface area is 155 Å². The quantitative estimate of drug-likeness (QED) is 0.799. The van der Waals surface area contributed by atoms with E-state index in [0.717, 1.165) is 46.8 Å². The number of nitrogens with one attached hydrogen (secondary N) is 1. The first-order valence-electron chi connectivity index (χ1n) is 7.86. The number of rotatable bonds is 5. The van der Waals surface area contributed by atoms with Crippen LogP contribution in [0.15, 0.2) is 52.3 Å². The smallest absolute Gasteiger partial charge is 0.261 e. The highest BCUT2D eigenvalue weighted by molar-refractivity contribution is 7.92. The normalized spacial score (nSPS) is 16.2. The van der Waals surface area contributed by atoms with E-state index in [4.69, 9.17) is 4.74 Å². The predicted molar refractivity (Wildman–Crippen MR) is 93.2 cm³/mol. The number of nitrogens with zero attached hydrogens (tertiary/aromatic N) is 1. The summed E-state index contributed by atoms with van der Waals surface area (Å²) in [6.07, 6.45) is 0. The van der Waals surface area contributed by atoms with Crippen LogP contribution in [0.4, 0.5) is 14.5 Å². The number of halogens is 2. The van der Waals surface area contributed by atoms with Crippen LogP contribution in [0.5, 0.6) is 0 Å². The average Bonchev–Trinajstić information content (AvgIpc) is 2.64. The van der Waals surface area contributed by atoms with E-state index in [9.17, 15) is 25.6 Å². The van der Waals surface area contributed by atoms with Crippen LogP contribution in [-0.4, -0.2) is 47.4 Å². The molecular weight excluding hydrogens is 402 g/mol. The molecule has 3 rings (SSSR count). The second-order valence-electron chi connectivity index (χ2n) is 5.72. The van der Waals surface area contributed by atoms with Crippen LogP contribution in [-0.2, 0) is 24.8 Å². The Morgan fingerprint density at radius 3 is 2.19 bits per heavy atom. The molecule has 1 aliphatic heterocycles. The van der Waals surface area contributed by atoms with Gasteiger partial charge in [-0.2, -0.15) is 4.31 Å². The van der Waals surface area contributed by atoms with Crippen molar-refractivity contribution in [3.05, 3.63) is 54.1 Å². The molecule has 1 aliphatic rings. The molecule has 2 aromatic rings. The van der Waals surface area contributed by atoms with E-state index in [1.54, 1.807) is 0 Å². The monoisotopic (exact) mass is 418 g/mol. The van der Waals surface area contributed by atoms with Crippen molar-refractivity contribution in [2.75, 3.05) is 31.0 Å². The van der Waals surface area contributed by atoms with Gasteiger partial charge in [0, 0.05) is 13.1 Å². The predicted octanol–water partition coefficient (Wildman–Crippen LogP) is 1.79. The molecule has 1 fully saturated rings. The fraction of sp³-hybridized carbons (Fsp3) is 0.250. The number of sulfonamides is 2. The summed E-state index contributed by atoms with van der Waals surface area (Å²) < 4.78 is 85.5. The molecule has 0 aliphatic carbocycles. The summed E-state index contributed by atoms with van der Waals surface area (Å²) in [5.41, 5.74) is -0.132. The summed E-state index contributed by atoms with van der Waals surface area (Å²) in [6, 6.07) is 6.98. The van der Waals surface area contributed by atoms with Crippen molar-refractivity contribution in [2.45, 2.75) is 9.79 Å². The van der Waals surface area contributed by atoms with E-state index >= 15 is 0 Å². The molecule has 0 radical (unpaired) electrons. The van der Waals surface area contributed by atoms with E-state index < -0.39 is 36.6 Å². The van der Waals surface area contributed by atoms with Crippen LogP contribution in [0.2, 0.25) is 0 Å². The molecule has 1 N–H and O–H groups in total. The standard InChI is InChI=1S/C16H16F2N2O5S2/c17-12-1-4-14(5-2-12)26(21,22)19-13-3-6-15(18)16(11-13)27(23,24)20-7-9-25-10-8-20/h1-6,11,19H,7-10H2. The third-order valence-electron chi connectivity index (χ3n) is 3.90. The van der Waals surface area contributed by atoms with Gasteiger partial charge in [0.2, 0.25) is 10.0 Å². The SMILES string of the molecule is O=S(=O)(Nc1ccc(F)c(S(=O)(=O)N2CCOCC2)c1)c1ccc(F)cc1. The molecule has 7 nitrogen and oxygen atoms in total. The van der Waals surface area contributed by atoms with Crippen LogP contribution in [0.1, 0.15) is 0 Å². The fourth-order valence-electron chi connectivity index (χ4n) is 2.52. The zero-order valence-corrected chi connectivity index (χ0v) is 15.6. The van der Waals surface area contributed by atoms with Crippen molar-refractivity contribution in [3.63, 3.8) is 0 Å². The van der Waals surface area contributed by atoms with E-state index in [1.165, 1.54) is 0 Å². The fourth-order valence-corrected chi connectivity index (χ4v) is 5.07. The van der Waals surface area contributed by atoms with Gasteiger partial charge in [-0.25, -0.2) is 25.6 Å². The van der Waals surface area contributed by atoms with Gasteiger partial charge in [-0.15, -0.1) is 0 Å². The molecule has 0 unspecified atom stereocenters. The lowest BCUT2D eigenvalue weighted by Gasteiger charge is -2.26. The van der Waals surface area contributed by atoms with Crippen molar-refractivity contribution in [3.8, 4) is 0 Å². The minimum absolute atomic E-state index is 0.0767. The van der Waals surface area contributed by atoms with Gasteiger partial charge < -0.3 is 4.74 Å². The minimum Gasteiger partial charge on any atom is -0.379 e. The first-order chi connectivity index (χ1) is 12.7. The summed E-state index contributed by atoms with van der Waals surface area (Å²) in [7, 11) is -8.24. The molecule has 0 aromatic heterocycles.